The van der Waals surface area contributed by atoms with Crippen LogP contribution in [0, 0.1) is 17.0 Å². The van der Waals surface area contributed by atoms with Crippen molar-refractivity contribution in [3.63, 3.8) is 0 Å². The Morgan fingerprint density at radius 3 is 2.29 bits per heavy atom. The Balaban J connectivity index is 1.28. The normalized spacial score (nSPS) is 11.6. The van der Waals surface area contributed by atoms with Crippen LogP contribution in [0.1, 0.15) is 83.0 Å². The second-order valence-electron chi connectivity index (χ2n) is 13.4. The van der Waals surface area contributed by atoms with E-state index in [4.69, 9.17) is 34.6 Å². The summed E-state index contributed by atoms with van der Waals surface area (Å²) in [4.78, 5) is 57.1. The number of rotatable bonds is 18. The number of ether oxygens (including phenoxy) is 3. The number of benzene rings is 3. The molecular formula is C39H43N7O12. The molecule has 0 saturated heterocycles. The van der Waals surface area contributed by atoms with E-state index in [1.165, 1.54) is 20.8 Å². The van der Waals surface area contributed by atoms with Crippen LogP contribution >= 0.6 is 0 Å². The third-order valence-electron chi connectivity index (χ3n) is 8.61. The fourth-order valence-electron chi connectivity index (χ4n) is 5.83. The lowest BCUT2D eigenvalue weighted by molar-refractivity contribution is -0.763. The molecule has 306 valence electrons. The van der Waals surface area contributed by atoms with Crippen molar-refractivity contribution in [2.45, 2.75) is 72.5 Å². The fraction of sp³-hybridized carbons (Fsp3) is 0.308. The standard InChI is InChI=1S/C39H43N7O12/c1-5-10-32-42-34(39(3,4)50)33(36(47)53-22-31-24(2)57-38(49)58-31)44(32)19-25-15-17-26(18-16-25)29-13-8-9-14-30(29)35(40)43-45(41)23-55-37(48)54-20-27-11-6-7-12-28(27)21-56-46(51)52/h6-9,11-18,50H,5,10,19-23,41H2,1-4H3,(H2,40,43). The molecule has 5 N–H and O–H groups in total. The maximum Gasteiger partial charge on any atom is 0.519 e. The van der Waals surface area contributed by atoms with Gasteiger partial charge in [-0.3, -0.25) is 0 Å². The molecule has 5 aromatic rings. The largest absolute Gasteiger partial charge is 0.519 e. The summed E-state index contributed by atoms with van der Waals surface area (Å²) in [5.41, 5.74) is 8.86. The first-order chi connectivity index (χ1) is 27.6. The van der Waals surface area contributed by atoms with Crippen LogP contribution in [0.15, 0.2) is 91.5 Å². The first kappa shape index (κ1) is 42.2. The highest BCUT2D eigenvalue weighted by atomic mass is 16.9. The van der Waals surface area contributed by atoms with E-state index in [0.717, 1.165) is 16.2 Å². The molecular weight excluding hydrogens is 758 g/mol. The van der Waals surface area contributed by atoms with Gasteiger partial charge in [0.25, 0.3) is 5.09 Å². The SMILES string of the molecule is CCCc1nc(C(C)(C)O)c(C(=O)OCc2oc(=O)oc2C)n1Cc1ccc(-c2ccccc2/C(N)=N/N(N)COC(=O)OCc2ccccc2CO[N+](=O)[O-])cc1. The monoisotopic (exact) mass is 801 g/mol. The fourth-order valence-corrected chi connectivity index (χ4v) is 5.83. The smallest absolute Gasteiger partial charge is 0.453 e. The molecule has 0 unspecified atom stereocenters. The van der Waals surface area contributed by atoms with Gasteiger partial charge in [-0.1, -0.05) is 79.7 Å². The van der Waals surface area contributed by atoms with Crippen LogP contribution < -0.4 is 17.4 Å². The first-order valence-corrected chi connectivity index (χ1v) is 17.9. The third-order valence-corrected chi connectivity index (χ3v) is 8.61. The lowest BCUT2D eigenvalue weighted by Crippen LogP contribution is -2.33. The molecule has 2 heterocycles. The average molecular weight is 802 g/mol. The van der Waals surface area contributed by atoms with Crippen molar-refractivity contribution < 1.29 is 47.7 Å². The highest BCUT2D eigenvalue weighted by Crippen LogP contribution is 2.29. The third kappa shape index (κ3) is 10.9. The lowest BCUT2D eigenvalue weighted by Gasteiger charge is -2.18. The Bertz CT molecular complexity index is 2320. The Kier molecular flexibility index (Phi) is 13.6. The number of amidine groups is 1. The molecule has 58 heavy (non-hydrogen) atoms. The molecule has 0 saturated carbocycles. The molecule has 0 aliphatic carbocycles. The van der Waals surface area contributed by atoms with E-state index in [0.29, 0.717) is 40.9 Å². The van der Waals surface area contributed by atoms with E-state index in [1.807, 2.05) is 43.3 Å². The van der Waals surface area contributed by atoms with Crippen molar-refractivity contribution in [3.8, 4) is 11.1 Å². The molecule has 0 aliphatic heterocycles. The zero-order valence-electron chi connectivity index (χ0n) is 32.2. The van der Waals surface area contributed by atoms with Crippen LogP contribution in [-0.4, -0.2) is 49.6 Å². The summed E-state index contributed by atoms with van der Waals surface area (Å²) in [5, 5.41) is 25.7. The predicted molar refractivity (Wildman–Crippen MR) is 205 cm³/mol. The van der Waals surface area contributed by atoms with E-state index in [-0.39, 0.29) is 55.1 Å². The number of imidazole rings is 1. The molecule has 0 spiro atoms. The van der Waals surface area contributed by atoms with Crippen molar-refractivity contribution in [1.82, 2.24) is 14.7 Å². The Morgan fingerprint density at radius 1 is 0.983 bits per heavy atom. The van der Waals surface area contributed by atoms with E-state index in [2.05, 4.69) is 14.9 Å². The average Bonchev–Trinajstić information content (AvgIpc) is 3.72. The molecule has 0 fully saturated rings. The number of nitrogens with two attached hydrogens (primary N) is 2. The second-order valence-corrected chi connectivity index (χ2v) is 13.4. The number of esters is 1. The van der Waals surface area contributed by atoms with Gasteiger partial charge in [0, 0.05) is 18.5 Å². The number of aliphatic hydroxyl groups is 1. The van der Waals surface area contributed by atoms with E-state index >= 15 is 0 Å². The van der Waals surface area contributed by atoms with Crippen LogP contribution in [0.25, 0.3) is 11.1 Å². The molecule has 0 amide bonds. The molecule has 0 atom stereocenters. The van der Waals surface area contributed by atoms with Gasteiger partial charge < -0.3 is 43.3 Å². The van der Waals surface area contributed by atoms with Crippen LogP contribution in [0.4, 0.5) is 4.79 Å². The molecule has 0 radical (unpaired) electrons. The minimum Gasteiger partial charge on any atom is -0.453 e. The van der Waals surface area contributed by atoms with Crippen LogP contribution in [0.5, 0.6) is 0 Å². The number of aromatic nitrogens is 2. The van der Waals surface area contributed by atoms with Crippen LogP contribution in [0.3, 0.4) is 0 Å². The number of carbonyl (C=O) groups excluding carboxylic acids is 2. The molecule has 0 bridgehead atoms. The predicted octanol–water partition coefficient (Wildman–Crippen LogP) is 4.81. The summed E-state index contributed by atoms with van der Waals surface area (Å²) in [7, 11) is 0. The molecule has 0 aliphatic rings. The number of hydrazine groups is 1. The number of nitrogens with zero attached hydrogens (tertiary/aromatic N) is 5. The van der Waals surface area contributed by atoms with Gasteiger partial charge in [-0.25, -0.2) is 25.2 Å². The minimum absolute atomic E-state index is 0.0219. The van der Waals surface area contributed by atoms with Gasteiger partial charge >= 0.3 is 17.9 Å². The topological polar surface area (TPSA) is 263 Å². The lowest BCUT2D eigenvalue weighted by atomic mass is 9.98. The Morgan fingerprint density at radius 2 is 1.66 bits per heavy atom. The van der Waals surface area contributed by atoms with Gasteiger partial charge in [0.1, 0.15) is 30.3 Å². The van der Waals surface area contributed by atoms with Crippen LogP contribution in [-0.2, 0) is 57.4 Å². The minimum atomic E-state index is -1.49. The maximum absolute atomic E-state index is 13.6. The second kappa shape index (κ2) is 18.8. The molecule has 2 aromatic heterocycles. The highest BCUT2D eigenvalue weighted by Gasteiger charge is 2.33. The number of hydrogen-bond donors (Lipinski definition) is 3. The maximum atomic E-state index is 13.6. The molecule has 19 nitrogen and oxygen atoms in total. The van der Waals surface area contributed by atoms with Crippen molar-refractivity contribution in [3.05, 3.63) is 145 Å². The highest BCUT2D eigenvalue weighted by molar-refractivity contribution is 6.03. The molecule has 3 aromatic carbocycles. The van der Waals surface area contributed by atoms with Crippen molar-refractivity contribution in [2.24, 2.45) is 16.7 Å². The van der Waals surface area contributed by atoms with Gasteiger partial charge in [-0.15, -0.1) is 15.2 Å². The Labute approximate surface area is 331 Å². The number of hydrazone groups is 1. The summed E-state index contributed by atoms with van der Waals surface area (Å²) < 4.78 is 27.3. The summed E-state index contributed by atoms with van der Waals surface area (Å²) in [6, 6.07) is 21.3. The van der Waals surface area contributed by atoms with Gasteiger partial charge in [-0.05, 0) is 55.0 Å². The van der Waals surface area contributed by atoms with Crippen molar-refractivity contribution >= 4 is 18.0 Å². The van der Waals surface area contributed by atoms with Crippen molar-refractivity contribution in [2.75, 3.05) is 6.73 Å². The van der Waals surface area contributed by atoms with E-state index in [1.54, 1.807) is 41.0 Å². The van der Waals surface area contributed by atoms with Crippen LogP contribution in [0.2, 0.25) is 0 Å². The van der Waals surface area contributed by atoms with Gasteiger partial charge in [0.15, 0.2) is 36.4 Å². The van der Waals surface area contributed by atoms with Gasteiger partial charge in [-0.2, -0.15) is 5.12 Å². The quantitative estimate of drug-likeness (QED) is 0.0204. The number of carbonyl (C=O) groups is 2. The zero-order valence-corrected chi connectivity index (χ0v) is 32.2. The van der Waals surface area contributed by atoms with E-state index < -0.39 is 35.4 Å². The summed E-state index contributed by atoms with van der Waals surface area (Å²) in [6.45, 7) is 5.34. The summed E-state index contributed by atoms with van der Waals surface area (Å²) in [5.74, 6) is 5.14. The first-order valence-electron chi connectivity index (χ1n) is 17.9. The Hall–Kier alpha value is -6.99. The van der Waals surface area contributed by atoms with Gasteiger partial charge in [0.2, 0.25) is 0 Å². The van der Waals surface area contributed by atoms with E-state index in [9.17, 15) is 29.6 Å². The van der Waals surface area contributed by atoms with Gasteiger partial charge in [0.05, 0.1) is 0 Å². The number of hydrogen-bond acceptors (Lipinski definition) is 16. The summed E-state index contributed by atoms with van der Waals surface area (Å²) >= 11 is 0. The molecule has 19 heteroatoms. The van der Waals surface area contributed by atoms with Crippen molar-refractivity contribution in [1.29, 1.82) is 0 Å². The zero-order chi connectivity index (χ0) is 42.0. The summed E-state index contributed by atoms with van der Waals surface area (Å²) in [6.07, 6.45) is 0.164. The number of aryl methyl sites for hydroxylation is 2. The molecule has 5 rings (SSSR count).